The lowest BCUT2D eigenvalue weighted by Crippen LogP contribution is -2.12. The molecule has 0 saturated carbocycles. The van der Waals surface area contributed by atoms with Crippen LogP contribution in [0.1, 0.15) is 70.2 Å². The second-order valence-electron chi connectivity index (χ2n) is 6.22. The van der Waals surface area contributed by atoms with E-state index in [1.807, 2.05) is 26.0 Å². The number of benzene rings is 1. The SMILES string of the molecule is CC.CC(C)c1cc(C(F)(F)F)cc(C(F)(F)F)c1.CC(C)n1cccc1. The average Bonchev–Trinajstić information content (AvgIpc) is 3.10. The van der Waals surface area contributed by atoms with E-state index in [1.165, 1.54) is 13.8 Å². The quantitative estimate of drug-likeness (QED) is 0.455. The van der Waals surface area contributed by atoms with Gasteiger partial charge in [0.15, 0.2) is 0 Å². The van der Waals surface area contributed by atoms with Crippen molar-refractivity contribution in [3.63, 3.8) is 0 Å². The van der Waals surface area contributed by atoms with Crippen molar-refractivity contribution in [3.05, 3.63) is 59.4 Å². The zero-order valence-electron chi connectivity index (χ0n) is 16.4. The molecule has 154 valence electrons. The molecule has 7 heteroatoms. The highest BCUT2D eigenvalue weighted by Crippen LogP contribution is 2.37. The van der Waals surface area contributed by atoms with Crippen LogP contribution in [0.5, 0.6) is 0 Å². The first kappa shape index (κ1) is 25.1. The number of hydrogen-bond acceptors (Lipinski definition) is 0. The molecule has 1 heterocycles. The highest BCUT2D eigenvalue weighted by atomic mass is 19.4. The molecule has 0 amide bonds. The Hall–Kier alpha value is -1.92. The van der Waals surface area contributed by atoms with Crippen molar-refractivity contribution in [2.45, 2.75) is 65.9 Å². The molecule has 2 aromatic rings. The molecule has 27 heavy (non-hydrogen) atoms. The molecule has 0 bridgehead atoms. The van der Waals surface area contributed by atoms with E-state index in [0.717, 1.165) is 12.1 Å². The lowest BCUT2D eigenvalue weighted by atomic mass is 9.97. The van der Waals surface area contributed by atoms with Crippen molar-refractivity contribution in [1.29, 1.82) is 0 Å². The van der Waals surface area contributed by atoms with Crippen LogP contribution in [0.3, 0.4) is 0 Å². The number of hydrogen-bond donors (Lipinski definition) is 0. The van der Waals surface area contributed by atoms with E-state index < -0.39 is 29.4 Å². The van der Waals surface area contributed by atoms with Gasteiger partial charge in [-0.3, -0.25) is 0 Å². The number of nitrogens with zero attached hydrogens (tertiary/aromatic N) is 1. The average molecular weight is 395 g/mol. The van der Waals surface area contributed by atoms with Crippen LogP contribution in [-0.2, 0) is 12.4 Å². The van der Waals surface area contributed by atoms with Gasteiger partial charge in [0.25, 0.3) is 0 Å². The Balaban J connectivity index is 0.000000562. The van der Waals surface area contributed by atoms with Crippen LogP contribution in [0, 0.1) is 0 Å². The van der Waals surface area contributed by atoms with E-state index in [2.05, 4.69) is 30.8 Å². The van der Waals surface area contributed by atoms with Crippen molar-refractivity contribution < 1.29 is 26.3 Å². The van der Waals surface area contributed by atoms with Gasteiger partial charge >= 0.3 is 12.4 Å². The van der Waals surface area contributed by atoms with E-state index in [1.54, 1.807) is 0 Å². The summed E-state index contributed by atoms with van der Waals surface area (Å²) in [5.41, 5.74) is -2.51. The smallest absolute Gasteiger partial charge is 0.352 e. The topological polar surface area (TPSA) is 4.93 Å². The van der Waals surface area contributed by atoms with Crippen LogP contribution >= 0.6 is 0 Å². The minimum absolute atomic E-state index is 0.0205. The molecule has 0 aliphatic carbocycles. The molecule has 0 N–H and O–H groups in total. The van der Waals surface area contributed by atoms with Crippen LogP contribution in [0.4, 0.5) is 26.3 Å². The molecule has 0 aliphatic heterocycles. The van der Waals surface area contributed by atoms with Gasteiger partial charge in [-0.25, -0.2) is 0 Å². The summed E-state index contributed by atoms with van der Waals surface area (Å²) in [4.78, 5) is 0. The Morgan fingerprint density at radius 2 is 1.07 bits per heavy atom. The Morgan fingerprint density at radius 3 is 1.30 bits per heavy atom. The molecule has 0 unspecified atom stereocenters. The molecule has 0 atom stereocenters. The highest BCUT2D eigenvalue weighted by Gasteiger charge is 2.36. The van der Waals surface area contributed by atoms with Crippen LogP contribution in [0.25, 0.3) is 0 Å². The van der Waals surface area contributed by atoms with Crippen molar-refractivity contribution in [1.82, 2.24) is 4.57 Å². The monoisotopic (exact) mass is 395 g/mol. The third kappa shape index (κ3) is 8.54. The van der Waals surface area contributed by atoms with Crippen molar-refractivity contribution in [2.24, 2.45) is 0 Å². The molecule has 0 saturated heterocycles. The van der Waals surface area contributed by atoms with Gasteiger partial charge in [-0.2, -0.15) is 26.3 Å². The second-order valence-corrected chi connectivity index (χ2v) is 6.22. The molecule has 0 fully saturated rings. The minimum atomic E-state index is -4.77. The summed E-state index contributed by atoms with van der Waals surface area (Å²) >= 11 is 0. The van der Waals surface area contributed by atoms with Crippen molar-refractivity contribution in [3.8, 4) is 0 Å². The van der Waals surface area contributed by atoms with Gasteiger partial charge in [-0.05, 0) is 55.7 Å². The van der Waals surface area contributed by atoms with Crippen molar-refractivity contribution >= 4 is 0 Å². The van der Waals surface area contributed by atoms with Crippen LogP contribution < -0.4 is 0 Å². The molecule has 2 rings (SSSR count). The van der Waals surface area contributed by atoms with Gasteiger partial charge in [-0.1, -0.05) is 27.7 Å². The molecule has 0 radical (unpaired) electrons. The molecule has 1 nitrogen and oxygen atoms in total. The fourth-order valence-electron chi connectivity index (χ4n) is 2.00. The largest absolute Gasteiger partial charge is 0.416 e. The second kappa shape index (κ2) is 10.4. The lowest BCUT2D eigenvalue weighted by molar-refractivity contribution is -0.143. The lowest BCUT2D eigenvalue weighted by Gasteiger charge is -2.15. The first-order valence-electron chi connectivity index (χ1n) is 8.74. The van der Waals surface area contributed by atoms with Gasteiger partial charge < -0.3 is 4.57 Å². The fourth-order valence-corrected chi connectivity index (χ4v) is 2.00. The van der Waals surface area contributed by atoms with E-state index in [0.29, 0.717) is 6.04 Å². The van der Waals surface area contributed by atoms with Gasteiger partial charge in [0.2, 0.25) is 0 Å². The van der Waals surface area contributed by atoms with Crippen molar-refractivity contribution in [2.75, 3.05) is 0 Å². The summed E-state index contributed by atoms with van der Waals surface area (Å²) in [6.07, 6.45) is -5.40. The zero-order valence-corrected chi connectivity index (χ0v) is 16.4. The highest BCUT2D eigenvalue weighted by molar-refractivity contribution is 5.35. The van der Waals surface area contributed by atoms with E-state index >= 15 is 0 Å². The van der Waals surface area contributed by atoms with E-state index in [-0.39, 0.29) is 11.6 Å². The Morgan fingerprint density at radius 1 is 0.704 bits per heavy atom. The predicted octanol–water partition coefficient (Wildman–Crippen LogP) is 7.94. The number of aromatic nitrogens is 1. The molecular weight excluding hydrogens is 368 g/mol. The third-order valence-corrected chi connectivity index (χ3v) is 3.50. The Kier molecular flexibility index (Phi) is 9.68. The summed E-state index contributed by atoms with van der Waals surface area (Å²) in [6, 6.07) is 6.32. The maximum absolute atomic E-state index is 12.4. The van der Waals surface area contributed by atoms with E-state index in [4.69, 9.17) is 0 Å². The third-order valence-electron chi connectivity index (χ3n) is 3.50. The summed E-state index contributed by atoms with van der Waals surface area (Å²) in [5, 5.41) is 0. The normalized spacial score (nSPS) is 11.6. The summed E-state index contributed by atoms with van der Waals surface area (Å²) < 4.78 is 76.8. The predicted molar refractivity (Wildman–Crippen MR) is 96.7 cm³/mol. The van der Waals surface area contributed by atoms with Gasteiger partial charge in [0.1, 0.15) is 0 Å². The zero-order chi connectivity index (χ0) is 21.4. The Bertz CT molecular complexity index is 620. The maximum atomic E-state index is 12.4. The van der Waals surface area contributed by atoms with Crippen LogP contribution in [0.15, 0.2) is 42.7 Å². The standard InChI is InChI=1S/C11H10F6.C7H11N.C2H6/c1-6(2)7-3-8(10(12,13)14)5-9(4-7)11(15,16)17;1-7(2)8-5-3-4-6-8;1-2/h3-6H,1-2H3;3-7H,1-2H3;1-2H3. The molecule has 1 aromatic heterocycles. The summed E-state index contributed by atoms with van der Waals surface area (Å²) in [5.74, 6) is -0.404. The number of rotatable bonds is 2. The molecule has 0 aliphatic rings. The summed E-state index contributed by atoms with van der Waals surface area (Å²) in [7, 11) is 0. The summed E-state index contributed by atoms with van der Waals surface area (Å²) in [6.45, 7) is 11.4. The fraction of sp³-hybridized carbons (Fsp3) is 0.500. The van der Waals surface area contributed by atoms with Gasteiger partial charge in [0.05, 0.1) is 11.1 Å². The number of alkyl halides is 6. The molecular formula is C20H27F6N. The van der Waals surface area contributed by atoms with Crippen LogP contribution in [0.2, 0.25) is 0 Å². The number of halogens is 6. The maximum Gasteiger partial charge on any atom is 0.416 e. The van der Waals surface area contributed by atoms with E-state index in [9.17, 15) is 26.3 Å². The Labute approximate surface area is 157 Å². The first-order chi connectivity index (χ1) is 12.3. The molecule has 1 aromatic carbocycles. The minimum Gasteiger partial charge on any atom is -0.352 e. The molecule has 0 spiro atoms. The first-order valence-corrected chi connectivity index (χ1v) is 8.74. The van der Waals surface area contributed by atoms with Gasteiger partial charge in [-0.15, -0.1) is 0 Å². The van der Waals surface area contributed by atoms with Gasteiger partial charge in [0, 0.05) is 18.4 Å². The van der Waals surface area contributed by atoms with Crippen LogP contribution in [-0.4, -0.2) is 4.57 Å².